The van der Waals surface area contributed by atoms with Gasteiger partial charge >= 0.3 is 0 Å². The lowest BCUT2D eigenvalue weighted by molar-refractivity contribution is -0.131. The van der Waals surface area contributed by atoms with E-state index < -0.39 is 0 Å². The van der Waals surface area contributed by atoms with Crippen LogP contribution in [0.3, 0.4) is 0 Å². The van der Waals surface area contributed by atoms with Gasteiger partial charge in [0.2, 0.25) is 5.91 Å². The van der Waals surface area contributed by atoms with Crippen LogP contribution in [0.25, 0.3) is 10.9 Å². The zero-order chi connectivity index (χ0) is 17.6. The first-order chi connectivity index (χ1) is 12.1. The Kier molecular flexibility index (Phi) is 4.01. The van der Waals surface area contributed by atoms with Crippen LogP contribution in [0.15, 0.2) is 46.9 Å². The largest absolute Gasteiger partial charge is 0.508 e. The van der Waals surface area contributed by atoms with E-state index in [-0.39, 0.29) is 24.2 Å². The van der Waals surface area contributed by atoms with E-state index in [0.717, 1.165) is 33.1 Å². The van der Waals surface area contributed by atoms with Gasteiger partial charge in [0.25, 0.3) is 0 Å². The number of carbonyl (C=O) groups excluding carboxylic acids is 1. The maximum atomic E-state index is 12.4. The molecule has 0 spiro atoms. The molecule has 3 aromatic rings. The van der Waals surface area contributed by atoms with Crippen LogP contribution in [0.2, 0.25) is 0 Å². The Morgan fingerprint density at radius 3 is 2.92 bits per heavy atom. The molecule has 5 nitrogen and oxygen atoms in total. The number of phenolic OH excluding ortho intramolecular Hbond substituents is 1. The molecule has 25 heavy (non-hydrogen) atoms. The Morgan fingerprint density at radius 2 is 2.16 bits per heavy atom. The molecule has 2 heterocycles. The van der Waals surface area contributed by atoms with E-state index in [1.165, 1.54) is 5.56 Å². The number of nitrogens with one attached hydrogen (secondary N) is 1. The van der Waals surface area contributed by atoms with Crippen molar-refractivity contribution in [2.75, 3.05) is 13.1 Å². The second-order valence-electron chi connectivity index (χ2n) is 6.25. The summed E-state index contributed by atoms with van der Waals surface area (Å²) in [5.74, 6) is 0.0856. The third-order valence-electron chi connectivity index (χ3n) is 4.77. The monoisotopic (exact) mass is 399 g/mol. The van der Waals surface area contributed by atoms with E-state index in [1.54, 1.807) is 23.1 Å². The van der Waals surface area contributed by atoms with Crippen LogP contribution in [-0.2, 0) is 11.2 Å². The Labute approximate surface area is 153 Å². The molecular formula is C19H18BrN3O2. The quantitative estimate of drug-likeness (QED) is 0.619. The average Bonchev–Trinajstić information content (AvgIpc) is 2.98. The van der Waals surface area contributed by atoms with Crippen LogP contribution in [0.5, 0.6) is 5.75 Å². The normalized spacial score (nSPS) is 16.9. The highest BCUT2D eigenvalue weighted by Crippen LogP contribution is 2.39. The van der Waals surface area contributed by atoms with Crippen LogP contribution in [-0.4, -0.2) is 34.0 Å². The predicted molar refractivity (Wildman–Crippen MR) is 100 cm³/mol. The second-order valence-corrected chi connectivity index (χ2v) is 7.16. The maximum Gasteiger partial charge on any atom is 0.237 e. The molecule has 0 saturated carbocycles. The van der Waals surface area contributed by atoms with E-state index in [9.17, 15) is 9.90 Å². The van der Waals surface area contributed by atoms with Crippen molar-refractivity contribution in [3.05, 3.63) is 63.8 Å². The number of carbonyl (C=O) groups is 1. The molecule has 1 aliphatic rings. The van der Waals surface area contributed by atoms with Gasteiger partial charge in [0.05, 0.1) is 12.6 Å². The van der Waals surface area contributed by atoms with Gasteiger partial charge in [-0.15, -0.1) is 0 Å². The minimum atomic E-state index is -0.280. The smallest absolute Gasteiger partial charge is 0.237 e. The van der Waals surface area contributed by atoms with E-state index in [1.807, 2.05) is 18.2 Å². The number of H-pyrrole nitrogens is 1. The summed E-state index contributed by atoms with van der Waals surface area (Å²) in [6.45, 7) is 0.569. The zero-order valence-electron chi connectivity index (χ0n) is 13.5. The van der Waals surface area contributed by atoms with Crippen molar-refractivity contribution in [1.82, 2.24) is 9.88 Å². The molecule has 2 aromatic carbocycles. The minimum Gasteiger partial charge on any atom is -0.508 e. The summed E-state index contributed by atoms with van der Waals surface area (Å²) < 4.78 is 1.02. The molecule has 128 valence electrons. The number of hydrogen-bond donors (Lipinski definition) is 3. The lowest BCUT2D eigenvalue weighted by atomic mass is 9.92. The van der Waals surface area contributed by atoms with Crippen LogP contribution >= 0.6 is 15.9 Å². The summed E-state index contributed by atoms with van der Waals surface area (Å²) in [5, 5.41) is 11.1. The van der Waals surface area contributed by atoms with Gasteiger partial charge in [0.1, 0.15) is 5.75 Å². The first kappa shape index (κ1) is 16.2. The fourth-order valence-electron chi connectivity index (χ4n) is 3.69. The van der Waals surface area contributed by atoms with Gasteiger partial charge in [-0.25, -0.2) is 0 Å². The number of amides is 1. The molecule has 1 aromatic heterocycles. The number of nitrogens with two attached hydrogens (primary N) is 1. The number of aromatic hydroxyl groups is 1. The van der Waals surface area contributed by atoms with Crippen LogP contribution in [0, 0.1) is 0 Å². The van der Waals surface area contributed by atoms with E-state index in [4.69, 9.17) is 5.73 Å². The van der Waals surface area contributed by atoms with Gasteiger partial charge < -0.3 is 20.7 Å². The number of aromatic nitrogens is 1. The Morgan fingerprint density at radius 1 is 1.32 bits per heavy atom. The molecule has 1 atom stereocenters. The van der Waals surface area contributed by atoms with Crippen LogP contribution in [0.4, 0.5) is 0 Å². The molecule has 4 N–H and O–H groups in total. The van der Waals surface area contributed by atoms with Crippen molar-refractivity contribution >= 4 is 32.7 Å². The van der Waals surface area contributed by atoms with Crippen molar-refractivity contribution in [3.8, 4) is 5.75 Å². The molecule has 1 aliphatic heterocycles. The predicted octanol–water partition coefficient (Wildman–Crippen LogP) is 3.07. The number of halogens is 1. The SMILES string of the molecule is NCC(=O)N1CCc2c([nH]c3ccc(Br)cc23)C1c1cccc(O)c1. The number of rotatable bonds is 2. The summed E-state index contributed by atoms with van der Waals surface area (Å²) in [7, 11) is 0. The lowest BCUT2D eigenvalue weighted by Gasteiger charge is -2.36. The van der Waals surface area contributed by atoms with Gasteiger partial charge in [0, 0.05) is 27.6 Å². The topological polar surface area (TPSA) is 82.4 Å². The first-order valence-corrected chi connectivity index (χ1v) is 8.96. The maximum absolute atomic E-state index is 12.4. The summed E-state index contributed by atoms with van der Waals surface area (Å²) >= 11 is 3.53. The van der Waals surface area contributed by atoms with Gasteiger partial charge in [-0.2, -0.15) is 0 Å². The molecule has 0 aliphatic carbocycles. The van der Waals surface area contributed by atoms with Crippen molar-refractivity contribution in [1.29, 1.82) is 0 Å². The molecule has 0 fully saturated rings. The number of phenols is 1. The minimum absolute atomic E-state index is 0.0313. The standard InChI is InChI=1S/C19H18BrN3O2/c20-12-4-5-16-15(9-12)14-6-7-23(17(25)10-21)19(18(14)22-16)11-2-1-3-13(24)8-11/h1-5,8-9,19,22,24H,6-7,10,21H2. The number of benzene rings is 2. The summed E-state index contributed by atoms with van der Waals surface area (Å²) in [4.78, 5) is 17.7. The highest BCUT2D eigenvalue weighted by atomic mass is 79.9. The molecular weight excluding hydrogens is 382 g/mol. The average molecular weight is 400 g/mol. The van der Waals surface area contributed by atoms with E-state index in [0.29, 0.717) is 6.54 Å². The Balaban J connectivity index is 1.93. The molecule has 6 heteroatoms. The Bertz CT molecular complexity index is 966. The summed E-state index contributed by atoms with van der Waals surface area (Å²) in [5.41, 5.74) is 9.75. The van der Waals surface area contributed by atoms with Crippen LogP contribution < -0.4 is 5.73 Å². The number of fused-ring (bicyclic) bond motifs is 3. The molecule has 0 bridgehead atoms. The van der Waals surface area contributed by atoms with E-state index in [2.05, 4.69) is 27.0 Å². The fraction of sp³-hybridized carbons (Fsp3) is 0.211. The van der Waals surface area contributed by atoms with Crippen molar-refractivity contribution in [3.63, 3.8) is 0 Å². The third kappa shape index (κ3) is 2.71. The number of aromatic amines is 1. The van der Waals surface area contributed by atoms with Crippen molar-refractivity contribution < 1.29 is 9.90 Å². The first-order valence-electron chi connectivity index (χ1n) is 8.17. The third-order valence-corrected chi connectivity index (χ3v) is 5.26. The highest BCUT2D eigenvalue weighted by Gasteiger charge is 2.34. The summed E-state index contributed by atoms with van der Waals surface area (Å²) in [6.07, 6.45) is 0.771. The second kappa shape index (κ2) is 6.20. The van der Waals surface area contributed by atoms with Crippen molar-refractivity contribution in [2.45, 2.75) is 12.5 Å². The van der Waals surface area contributed by atoms with Gasteiger partial charge in [-0.05, 0) is 47.9 Å². The number of nitrogens with zero attached hydrogens (tertiary/aromatic N) is 1. The zero-order valence-corrected chi connectivity index (χ0v) is 15.1. The van der Waals surface area contributed by atoms with Gasteiger partial charge in [0.15, 0.2) is 0 Å². The lowest BCUT2D eigenvalue weighted by Crippen LogP contribution is -2.43. The van der Waals surface area contributed by atoms with E-state index >= 15 is 0 Å². The molecule has 1 amide bonds. The molecule has 1 unspecified atom stereocenters. The summed E-state index contributed by atoms with van der Waals surface area (Å²) in [6, 6.07) is 12.9. The molecule has 0 saturated heterocycles. The van der Waals surface area contributed by atoms with Crippen molar-refractivity contribution in [2.24, 2.45) is 5.73 Å². The molecule has 0 radical (unpaired) electrons. The number of hydrogen-bond acceptors (Lipinski definition) is 3. The fourth-order valence-corrected chi connectivity index (χ4v) is 4.05. The highest BCUT2D eigenvalue weighted by molar-refractivity contribution is 9.10. The molecule has 4 rings (SSSR count). The Hall–Kier alpha value is -2.31. The van der Waals surface area contributed by atoms with Gasteiger partial charge in [-0.3, -0.25) is 4.79 Å². The van der Waals surface area contributed by atoms with Crippen LogP contribution in [0.1, 0.15) is 22.9 Å². The van der Waals surface area contributed by atoms with Gasteiger partial charge in [-0.1, -0.05) is 28.1 Å².